The van der Waals surface area contributed by atoms with Gasteiger partial charge in [-0.3, -0.25) is 4.79 Å². The van der Waals surface area contributed by atoms with Gasteiger partial charge in [0.1, 0.15) is 28.2 Å². The molecule has 7 aromatic rings. The van der Waals surface area contributed by atoms with Crippen molar-refractivity contribution in [2.45, 2.75) is 47.1 Å². The molecule has 0 saturated heterocycles. The first kappa shape index (κ1) is 44.2. The average Bonchev–Trinajstić information content (AvgIpc) is 3.93. The number of sulfonamides is 1. The molecular formula is C43H45CoN9O5S. The number of ether oxygens (including phenoxy) is 1. The molecule has 2 aliphatic heterocycles. The molecule has 9 rings (SSSR count). The number of rotatable bonds is 3. The number of aromatic amines is 2. The van der Waals surface area contributed by atoms with Crippen molar-refractivity contribution in [1.82, 2.24) is 44.6 Å². The summed E-state index contributed by atoms with van der Waals surface area (Å²) < 4.78 is 27.2. The number of benzene rings is 4. The van der Waals surface area contributed by atoms with E-state index in [0.29, 0.717) is 45.9 Å². The maximum absolute atomic E-state index is 10.2. The number of H-pyrrole nitrogens is 2. The fourth-order valence-electron chi connectivity index (χ4n) is 6.25. The average molecular weight is 859 g/mol. The van der Waals surface area contributed by atoms with Crippen molar-refractivity contribution in [1.29, 1.82) is 0 Å². The third-order valence-electron chi connectivity index (χ3n) is 8.39. The molecule has 0 spiro atoms. The van der Waals surface area contributed by atoms with Gasteiger partial charge in [-0.2, -0.15) is 0 Å². The van der Waals surface area contributed by atoms with Gasteiger partial charge >= 0.3 is 5.97 Å². The zero-order valence-corrected chi connectivity index (χ0v) is 35.5. The van der Waals surface area contributed by atoms with Gasteiger partial charge in [0.2, 0.25) is 10.0 Å². The first-order chi connectivity index (χ1) is 27.8. The number of aliphatic hydroxyl groups excluding tert-OH is 1. The van der Waals surface area contributed by atoms with E-state index < -0.39 is 10.0 Å². The molecule has 307 valence electrons. The third-order valence-corrected chi connectivity index (χ3v) is 9.11. The van der Waals surface area contributed by atoms with Crippen molar-refractivity contribution in [3.05, 3.63) is 97.1 Å². The smallest absolute Gasteiger partial charge is 0.303 e. The summed E-state index contributed by atoms with van der Waals surface area (Å²) in [6.07, 6.45) is 1.04. The first-order valence-electron chi connectivity index (χ1n) is 18.7. The standard InChI is InChI=1S/C32H18N8.C6H12O2.C3H9NO3S.C2H6.Co/c1-2-10-18-17(9-1)25-33-26(18)38-28-21-13-5-6-14-22(21)30(35-28)40-32-24-16-8-7-15-23(24)31(36-32)39-29-20-12-4-3-11-19(20)27(34-29)37-25;1-5(7)8-6(2,3)4;1-8(6,7)4-2-3-5;1-2;/h1-16H,(H2,33,34,35,36,37,38,39,40);1-4H3;4-5H,2-3H2,1H3;1-2H3;. The quantitative estimate of drug-likeness (QED) is 0.127. The Balaban J connectivity index is 0.000000296. The van der Waals surface area contributed by atoms with Crippen LogP contribution in [0, 0.1) is 0 Å². The monoisotopic (exact) mass is 858 g/mol. The minimum absolute atomic E-state index is 0. The van der Waals surface area contributed by atoms with Crippen LogP contribution in [-0.4, -0.2) is 84.4 Å². The summed E-state index contributed by atoms with van der Waals surface area (Å²) in [5, 5.41) is 11.9. The molecule has 59 heavy (non-hydrogen) atoms. The molecule has 0 fully saturated rings. The number of aromatic nitrogens is 8. The third kappa shape index (κ3) is 10.4. The van der Waals surface area contributed by atoms with E-state index in [1.807, 2.05) is 132 Å². The molecule has 0 unspecified atom stereocenters. The van der Waals surface area contributed by atoms with E-state index in [1.165, 1.54) is 6.92 Å². The van der Waals surface area contributed by atoms with Crippen LogP contribution in [0.5, 0.6) is 0 Å². The second-order valence-corrected chi connectivity index (χ2v) is 15.7. The number of carbonyl (C=O) groups excluding carboxylic acids is 1. The van der Waals surface area contributed by atoms with Crippen molar-refractivity contribution in [3.63, 3.8) is 0 Å². The van der Waals surface area contributed by atoms with Crippen LogP contribution in [0.2, 0.25) is 0 Å². The van der Waals surface area contributed by atoms with Gasteiger partial charge in [0.15, 0.2) is 23.3 Å². The summed E-state index contributed by atoms with van der Waals surface area (Å²) in [4.78, 5) is 47.0. The van der Waals surface area contributed by atoms with Gasteiger partial charge in [-0.15, -0.1) is 0 Å². The van der Waals surface area contributed by atoms with Gasteiger partial charge in [-0.1, -0.05) is 111 Å². The number of hydrogen-bond donors (Lipinski definition) is 4. The molecule has 0 atom stereocenters. The van der Waals surface area contributed by atoms with Gasteiger partial charge in [0.05, 0.1) is 12.9 Å². The van der Waals surface area contributed by atoms with Crippen LogP contribution in [0.15, 0.2) is 97.1 Å². The summed E-state index contributed by atoms with van der Waals surface area (Å²) >= 11 is 0. The fourth-order valence-corrected chi connectivity index (χ4v) is 6.72. The fraction of sp³-hybridized carbons (Fsp3) is 0.233. The second-order valence-electron chi connectivity index (χ2n) is 13.9. The number of nitrogens with zero attached hydrogens (tertiary/aromatic N) is 6. The van der Waals surface area contributed by atoms with Gasteiger partial charge in [0.25, 0.3) is 0 Å². The molecule has 4 aromatic carbocycles. The minimum atomic E-state index is -3.10. The Hall–Kier alpha value is -5.91. The Labute approximate surface area is 352 Å². The van der Waals surface area contributed by atoms with Crippen LogP contribution < -0.4 is 4.72 Å². The van der Waals surface area contributed by atoms with E-state index in [0.717, 1.165) is 50.1 Å². The molecule has 4 N–H and O–H groups in total. The maximum Gasteiger partial charge on any atom is 0.303 e. The van der Waals surface area contributed by atoms with Crippen molar-refractivity contribution >= 4 is 60.1 Å². The minimum Gasteiger partial charge on any atom is -0.460 e. The van der Waals surface area contributed by atoms with E-state index in [2.05, 4.69) is 14.7 Å². The van der Waals surface area contributed by atoms with E-state index in [-0.39, 0.29) is 41.5 Å². The number of nitrogens with one attached hydrogen (secondary N) is 3. The number of carbonyl (C=O) groups is 1. The molecule has 3 aromatic heterocycles. The molecular weight excluding hydrogens is 814 g/mol. The van der Waals surface area contributed by atoms with Gasteiger partial charge < -0.3 is 19.8 Å². The van der Waals surface area contributed by atoms with E-state index in [1.54, 1.807) is 0 Å². The Morgan fingerprint density at radius 1 is 0.610 bits per heavy atom. The molecule has 0 aliphatic carbocycles. The summed E-state index contributed by atoms with van der Waals surface area (Å²) in [6, 6.07) is 32.2. The molecule has 2 aliphatic rings. The molecule has 1 radical (unpaired) electrons. The largest absolute Gasteiger partial charge is 0.460 e. The van der Waals surface area contributed by atoms with E-state index in [4.69, 9.17) is 39.7 Å². The van der Waals surface area contributed by atoms with Gasteiger partial charge in [-0.25, -0.2) is 43.0 Å². The number of aliphatic hydroxyl groups is 1. The Morgan fingerprint density at radius 2 is 0.898 bits per heavy atom. The topological polar surface area (TPSA) is 202 Å². The zero-order valence-electron chi connectivity index (χ0n) is 33.7. The van der Waals surface area contributed by atoms with Crippen LogP contribution in [0.25, 0.3) is 89.7 Å². The molecule has 16 heteroatoms. The summed E-state index contributed by atoms with van der Waals surface area (Å²) in [6.45, 7) is 10.9. The van der Waals surface area contributed by atoms with Crippen molar-refractivity contribution in [3.8, 4) is 45.6 Å². The normalized spacial score (nSPS) is 11.3. The number of hydrogen-bond acceptors (Lipinski definition) is 11. The molecule has 0 saturated carbocycles. The van der Waals surface area contributed by atoms with Crippen molar-refractivity contribution in [2.24, 2.45) is 0 Å². The summed E-state index contributed by atoms with van der Waals surface area (Å²) in [5.41, 5.74) is 6.12. The van der Waals surface area contributed by atoms with Crippen LogP contribution in [0.3, 0.4) is 0 Å². The molecule has 14 nitrogen and oxygen atoms in total. The Bertz CT molecular complexity index is 2590. The Kier molecular flexibility index (Phi) is 14.1. The number of fused-ring (bicyclic) bond motifs is 20. The molecule has 8 bridgehead atoms. The van der Waals surface area contributed by atoms with Gasteiger partial charge in [0, 0.05) is 74.0 Å². The predicted molar refractivity (Wildman–Crippen MR) is 229 cm³/mol. The SMILES string of the molecule is CC.CC(=O)OC(C)(C)C.CS(=O)(=O)NCCO.[Co].c1ccc2c(c1)-c1nc-2nc2[nH]c(nc3nc(nc4[nH]c(n1)c1ccccc41)-c1ccccc1-3)c1ccccc21. The molecule has 0 amide bonds. The van der Waals surface area contributed by atoms with E-state index in [9.17, 15) is 13.2 Å². The van der Waals surface area contributed by atoms with Gasteiger partial charge in [-0.05, 0) is 20.8 Å². The summed E-state index contributed by atoms with van der Waals surface area (Å²) in [7, 11) is -3.10. The van der Waals surface area contributed by atoms with Crippen LogP contribution >= 0.6 is 0 Å². The summed E-state index contributed by atoms with van der Waals surface area (Å²) in [5.74, 6) is 2.16. The van der Waals surface area contributed by atoms with Crippen LogP contribution in [0.1, 0.15) is 41.5 Å². The van der Waals surface area contributed by atoms with Crippen LogP contribution in [-0.2, 0) is 36.3 Å². The first-order valence-corrected chi connectivity index (χ1v) is 20.6. The second kappa shape index (κ2) is 18.8. The van der Waals surface area contributed by atoms with Crippen LogP contribution in [0.4, 0.5) is 0 Å². The maximum atomic E-state index is 10.2. The van der Waals surface area contributed by atoms with E-state index >= 15 is 0 Å². The number of esters is 1. The predicted octanol–water partition coefficient (Wildman–Crippen LogP) is 7.77. The van der Waals surface area contributed by atoms with Crippen molar-refractivity contribution in [2.75, 3.05) is 19.4 Å². The molecule has 5 heterocycles. The Morgan fingerprint density at radius 3 is 1.10 bits per heavy atom. The van der Waals surface area contributed by atoms with Crippen molar-refractivity contribution < 1.29 is 39.8 Å². The zero-order chi connectivity index (χ0) is 41.6.